The molecule has 2 heteroatoms. The second-order valence-electron chi connectivity index (χ2n) is 4.34. The largest absolute Gasteiger partial charge is 0.316 e. The third-order valence-corrected chi connectivity index (χ3v) is 3.03. The zero-order valence-electron chi connectivity index (χ0n) is 9.75. The van der Waals surface area contributed by atoms with Crippen LogP contribution in [0, 0.1) is 5.92 Å². The van der Waals surface area contributed by atoms with Gasteiger partial charge in [-0.2, -0.15) is 0 Å². The van der Waals surface area contributed by atoms with E-state index >= 15 is 0 Å². The van der Waals surface area contributed by atoms with Crippen LogP contribution in [0.15, 0.2) is 25.3 Å². The molecule has 1 aliphatic rings. The van der Waals surface area contributed by atoms with Gasteiger partial charge in [-0.1, -0.05) is 12.2 Å². The lowest BCUT2D eigenvalue weighted by Gasteiger charge is -2.26. The molecule has 0 aromatic rings. The predicted octanol–water partition coefficient (Wildman–Crippen LogP) is 2.05. The SMILES string of the molecule is C=CCN(CC=C)CCC1CCCNC1. The topological polar surface area (TPSA) is 15.3 Å². The number of hydrogen-bond acceptors (Lipinski definition) is 2. The number of rotatable bonds is 7. The van der Waals surface area contributed by atoms with Gasteiger partial charge in [-0.3, -0.25) is 4.90 Å². The molecule has 1 aliphatic heterocycles. The minimum Gasteiger partial charge on any atom is -0.316 e. The summed E-state index contributed by atoms with van der Waals surface area (Å²) in [5.41, 5.74) is 0. The molecule has 0 aromatic heterocycles. The average molecular weight is 208 g/mol. The molecule has 1 fully saturated rings. The molecule has 0 radical (unpaired) electrons. The van der Waals surface area contributed by atoms with Crippen LogP contribution < -0.4 is 5.32 Å². The van der Waals surface area contributed by atoms with Crippen LogP contribution in [0.4, 0.5) is 0 Å². The first-order valence-electron chi connectivity index (χ1n) is 6.01. The lowest BCUT2D eigenvalue weighted by Crippen LogP contribution is -2.33. The zero-order valence-corrected chi connectivity index (χ0v) is 9.75. The number of hydrogen-bond donors (Lipinski definition) is 1. The minimum atomic E-state index is 0.871. The summed E-state index contributed by atoms with van der Waals surface area (Å²) in [6, 6.07) is 0. The summed E-state index contributed by atoms with van der Waals surface area (Å²) < 4.78 is 0. The normalized spacial score (nSPS) is 21.5. The smallest absolute Gasteiger partial charge is 0.0163 e. The van der Waals surface area contributed by atoms with Crippen molar-refractivity contribution in [1.82, 2.24) is 10.2 Å². The van der Waals surface area contributed by atoms with Gasteiger partial charge in [0.15, 0.2) is 0 Å². The number of piperidine rings is 1. The Hall–Kier alpha value is -0.600. The van der Waals surface area contributed by atoms with Gasteiger partial charge in [0, 0.05) is 13.1 Å². The van der Waals surface area contributed by atoms with Crippen LogP contribution in [0.3, 0.4) is 0 Å². The summed E-state index contributed by atoms with van der Waals surface area (Å²) in [6.45, 7) is 13.1. The Morgan fingerprint density at radius 3 is 2.53 bits per heavy atom. The van der Waals surface area contributed by atoms with Crippen LogP contribution in [0.5, 0.6) is 0 Å². The van der Waals surface area contributed by atoms with Gasteiger partial charge in [0.25, 0.3) is 0 Å². The summed E-state index contributed by atoms with van der Waals surface area (Å²) in [6.07, 6.45) is 7.98. The van der Waals surface area contributed by atoms with E-state index in [1.807, 2.05) is 12.2 Å². The van der Waals surface area contributed by atoms with Gasteiger partial charge in [0.1, 0.15) is 0 Å². The molecule has 0 aromatic carbocycles. The van der Waals surface area contributed by atoms with Crippen molar-refractivity contribution in [3.8, 4) is 0 Å². The van der Waals surface area contributed by atoms with E-state index in [9.17, 15) is 0 Å². The van der Waals surface area contributed by atoms with E-state index in [2.05, 4.69) is 23.4 Å². The fourth-order valence-corrected chi connectivity index (χ4v) is 2.16. The molecule has 1 atom stereocenters. The first-order valence-corrected chi connectivity index (χ1v) is 6.01. The highest BCUT2D eigenvalue weighted by molar-refractivity contribution is 4.80. The number of nitrogens with zero attached hydrogens (tertiary/aromatic N) is 1. The highest BCUT2D eigenvalue weighted by Gasteiger charge is 2.13. The minimum absolute atomic E-state index is 0.871. The molecule has 0 amide bonds. The van der Waals surface area contributed by atoms with Crippen molar-refractivity contribution in [1.29, 1.82) is 0 Å². The van der Waals surface area contributed by atoms with Gasteiger partial charge in [-0.25, -0.2) is 0 Å². The van der Waals surface area contributed by atoms with E-state index in [0.717, 1.165) is 19.0 Å². The molecule has 2 nitrogen and oxygen atoms in total. The van der Waals surface area contributed by atoms with Gasteiger partial charge < -0.3 is 5.32 Å². The summed E-state index contributed by atoms with van der Waals surface area (Å²) in [5.74, 6) is 0.871. The molecule has 0 saturated carbocycles. The Bertz CT molecular complexity index is 173. The van der Waals surface area contributed by atoms with Crippen molar-refractivity contribution >= 4 is 0 Å². The fraction of sp³-hybridized carbons (Fsp3) is 0.692. The van der Waals surface area contributed by atoms with Crippen LogP contribution in [-0.2, 0) is 0 Å². The van der Waals surface area contributed by atoms with Crippen LogP contribution in [0.2, 0.25) is 0 Å². The van der Waals surface area contributed by atoms with Crippen molar-refractivity contribution in [3.05, 3.63) is 25.3 Å². The predicted molar refractivity (Wildman–Crippen MR) is 67.0 cm³/mol. The molecule has 1 rings (SSSR count). The zero-order chi connectivity index (χ0) is 10.9. The van der Waals surface area contributed by atoms with Crippen LogP contribution in [0.1, 0.15) is 19.3 Å². The molecule has 0 aliphatic carbocycles. The van der Waals surface area contributed by atoms with Crippen molar-refractivity contribution in [2.45, 2.75) is 19.3 Å². The summed E-state index contributed by atoms with van der Waals surface area (Å²) in [7, 11) is 0. The first kappa shape index (κ1) is 12.5. The third kappa shape index (κ3) is 5.14. The lowest BCUT2D eigenvalue weighted by molar-refractivity contribution is 0.273. The average Bonchev–Trinajstić information content (AvgIpc) is 2.28. The Morgan fingerprint density at radius 2 is 2.00 bits per heavy atom. The molecule has 1 saturated heterocycles. The highest BCUT2D eigenvalue weighted by Crippen LogP contribution is 2.14. The summed E-state index contributed by atoms with van der Waals surface area (Å²) >= 11 is 0. The Morgan fingerprint density at radius 1 is 1.27 bits per heavy atom. The quantitative estimate of drug-likeness (QED) is 0.644. The highest BCUT2D eigenvalue weighted by atomic mass is 15.1. The van der Waals surface area contributed by atoms with Crippen molar-refractivity contribution < 1.29 is 0 Å². The third-order valence-electron chi connectivity index (χ3n) is 3.03. The standard InChI is InChI=1S/C13H24N2/c1-3-9-15(10-4-2)11-7-13-6-5-8-14-12-13/h3-4,13-14H,1-2,5-12H2. The lowest BCUT2D eigenvalue weighted by atomic mass is 9.96. The number of nitrogens with one attached hydrogen (secondary N) is 1. The van der Waals surface area contributed by atoms with Crippen molar-refractivity contribution in [2.24, 2.45) is 5.92 Å². The van der Waals surface area contributed by atoms with Crippen LogP contribution in [-0.4, -0.2) is 37.6 Å². The fourth-order valence-electron chi connectivity index (χ4n) is 2.16. The molecule has 1 heterocycles. The van der Waals surface area contributed by atoms with Crippen LogP contribution in [0.25, 0.3) is 0 Å². The molecule has 1 unspecified atom stereocenters. The molecule has 15 heavy (non-hydrogen) atoms. The van der Waals surface area contributed by atoms with E-state index in [1.54, 1.807) is 0 Å². The van der Waals surface area contributed by atoms with E-state index in [0.29, 0.717) is 0 Å². The van der Waals surface area contributed by atoms with Gasteiger partial charge in [-0.05, 0) is 44.8 Å². The molecular weight excluding hydrogens is 184 g/mol. The summed E-state index contributed by atoms with van der Waals surface area (Å²) in [5, 5.41) is 3.46. The molecule has 1 N–H and O–H groups in total. The van der Waals surface area contributed by atoms with Gasteiger partial charge >= 0.3 is 0 Å². The van der Waals surface area contributed by atoms with E-state index in [-0.39, 0.29) is 0 Å². The maximum absolute atomic E-state index is 3.79. The monoisotopic (exact) mass is 208 g/mol. The van der Waals surface area contributed by atoms with Crippen molar-refractivity contribution in [2.75, 3.05) is 32.7 Å². The van der Waals surface area contributed by atoms with Crippen molar-refractivity contribution in [3.63, 3.8) is 0 Å². The Labute approximate surface area is 94.0 Å². The molecule has 0 bridgehead atoms. The van der Waals surface area contributed by atoms with Gasteiger partial charge in [0.2, 0.25) is 0 Å². The van der Waals surface area contributed by atoms with Gasteiger partial charge in [-0.15, -0.1) is 13.2 Å². The van der Waals surface area contributed by atoms with Gasteiger partial charge in [0.05, 0.1) is 0 Å². The summed E-state index contributed by atoms with van der Waals surface area (Å²) in [4.78, 5) is 2.40. The maximum Gasteiger partial charge on any atom is 0.0163 e. The first-order chi connectivity index (χ1) is 7.36. The maximum atomic E-state index is 3.79. The van der Waals surface area contributed by atoms with E-state index in [4.69, 9.17) is 0 Å². The molecule has 0 spiro atoms. The van der Waals surface area contributed by atoms with E-state index < -0.39 is 0 Å². The Kier molecular flexibility index (Phi) is 6.37. The Balaban J connectivity index is 2.18. The molecular formula is C13H24N2. The van der Waals surface area contributed by atoms with E-state index in [1.165, 1.54) is 38.9 Å². The second-order valence-corrected chi connectivity index (χ2v) is 4.34. The van der Waals surface area contributed by atoms with Crippen LogP contribution >= 0.6 is 0 Å². The second kappa shape index (κ2) is 7.66. The molecule has 86 valence electrons.